The van der Waals surface area contributed by atoms with E-state index in [0.29, 0.717) is 24.7 Å². The summed E-state index contributed by atoms with van der Waals surface area (Å²) >= 11 is 47.9. The van der Waals surface area contributed by atoms with E-state index < -0.39 is 30.2 Å². The zero-order valence-electron chi connectivity index (χ0n) is 55.9. The first-order chi connectivity index (χ1) is 44.9. The van der Waals surface area contributed by atoms with Gasteiger partial charge in [-0.25, -0.2) is 9.98 Å². The van der Waals surface area contributed by atoms with Crippen LogP contribution < -0.4 is 25.3 Å². The number of nitrogens with two attached hydrogens (primary N) is 1. The zero-order chi connectivity index (χ0) is 75.1. The maximum atomic E-state index is 12.7. The Bertz CT molecular complexity index is 3060. The molecule has 7 atom stereocenters. The molecule has 6 rings (SSSR count). The van der Waals surface area contributed by atoms with E-state index >= 15 is 0 Å². The van der Waals surface area contributed by atoms with Crippen LogP contribution in [0.4, 0.5) is 0 Å². The van der Waals surface area contributed by atoms with Crippen LogP contribution in [-0.2, 0) is 112 Å². The summed E-state index contributed by atoms with van der Waals surface area (Å²) in [4.78, 5) is 10.9. The fourth-order valence-electron chi connectivity index (χ4n) is 7.17. The molecule has 3 aromatic rings. The minimum atomic E-state index is -3.06. The number of aliphatic hydroxyl groups excluding tert-OH is 2. The lowest BCUT2D eigenvalue weighted by Crippen LogP contribution is -2.32. The van der Waals surface area contributed by atoms with Crippen molar-refractivity contribution in [3.8, 4) is 17.2 Å². The third kappa shape index (κ3) is 37.8. The normalized spacial score (nSPS) is 19.1. The van der Waals surface area contributed by atoms with Crippen LogP contribution >= 0.6 is 139 Å². The van der Waals surface area contributed by atoms with E-state index in [9.17, 15) is 18.3 Å². The van der Waals surface area contributed by atoms with Gasteiger partial charge in [-0.2, -0.15) is 0 Å². The lowest BCUT2D eigenvalue weighted by molar-refractivity contribution is 0.261. The van der Waals surface area contributed by atoms with Crippen molar-refractivity contribution < 1.29 is 65.3 Å². The third-order valence-corrected chi connectivity index (χ3v) is 25.9. The number of aliphatic hydroxyl groups is 2. The number of isothiocyanates is 1. The molecule has 2 saturated heterocycles. The highest BCUT2D eigenvalue weighted by Crippen LogP contribution is 2.61. The summed E-state index contributed by atoms with van der Waals surface area (Å²) in [7, 11) is 11.2. The molecule has 42 heteroatoms. The number of halogens is 2. The molecule has 540 valence electrons. The minimum Gasteiger partial charge on any atom is -0.497 e. The monoisotopic (exact) mass is 1670 g/mol. The van der Waals surface area contributed by atoms with Gasteiger partial charge in [-0.05, 0) is 218 Å². The fraction of sp³-hybridized carbons (Fsp3) is 0.509. The second kappa shape index (κ2) is 61.5. The van der Waals surface area contributed by atoms with Crippen LogP contribution in [0.25, 0.3) is 0 Å². The number of alkyl halides is 2. The van der Waals surface area contributed by atoms with Crippen LogP contribution in [-0.4, -0.2) is 202 Å². The third-order valence-electron chi connectivity index (χ3n) is 12.1. The van der Waals surface area contributed by atoms with E-state index in [1.807, 2.05) is 95.9 Å². The first-order valence-corrected chi connectivity index (χ1v) is 41.8. The van der Waals surface area contributed by atoms with Crippen molar-refractivity contribution >= 4 is 231 Å². The number of methoxy groups -OCH3 is 3. The second-order valence-electron chi connectivity index (χ2n) is 16.8. The molecule has 0 saturated carbocycles. The molecular weight excluding hydrogens is 1580 g/mol. The van der Waals surface area contributed by atoms with Crippen molar-refractivity contribution in [2.75, 3.05) is 104 Å². The molecule has 3 aliphatic heterocycles. The van der Waals surface area contributed by atoms with Gasteiger partial charge < -0.3 is 62.6 Å². The Morgan fingerprint density at radius 3 is 1.27 bits per heavy atom. The molecule has 3 heterocycles. The van der Waals surface area contributed by atoms with Crippen molar-refractivity contribution in [1.82, 2.24) is 29.1 Å². The number of ether oxygens (including phenoxy) is 3. The summed E-state index contributed by atoms with van der Waals surface area (Å²) in [5.41, 5.74) is 8.62. The maximum Gasteiger partial charge on any atom is 0.346 e. The number of hydrogen-bond donors (Lipinski definition) is 5. The molecule has 7 unspecified atom stereocenters. The molecule has 0 aliphatic carbocycles. The van der Waals surface area contributed by atoms with Gasteiger partial charge in [0.15, 0.2) is 11.1 Å². The Morgan fingerprint density at radius 2 is 1.04 bits per heavy atom. The fourth-order valence-corrected chi connectivity index (χ4v) is 15.6. The molecule has 0 bridgehead atoms. The van der Waals surface area contributed by atoms with E-state index in [1.165, 1.54) is 63.7 Å². The van der Waals surface area contributed by atoms with Crippen LogP contribution in [0.2, 0.25) is 0 Å². The average molecular weight is 1670 g/mol. The van der Waals surface area contributed by atoms with Crippen LogP contribution in [0.15, 0.2) is 82.8 Å². The van der Waals surface area contributed by atoms with Gasteiger partial charge in [0.25, 0.3) is 0 Å². The number of nitrogens with zero attached hydrogens (tertiary/aromatic N) is 7. The van der Waals surface area contributed by atoms with E-state index in [4.69, 9.17) is 93.6 Å². The molecule has 0 radical (unpaired) electrons. The smallest absolute Gasteiger partial charge is 0.346 e. The van der Waals surface area contributed by atoms with Crippen molar-refractivity contribution in [3.05, 3.63) is 89.5 Å². The van der Waals surface area contributed by atoms with Gasteiger partial charge in [-0.15, -0.1) is 23.2 Å². The summed E-state index contributed by atoms with van der Waals surface area (Å²) in [5.74, 6) is 4.43. The molecule has 3 aromatic carbocycles. The van der Waals surface area contributed by atoms with Gasteiger partial charge >= 0.3 is 30.2 Å². The number of nitrogens with one attached hydrogen (secondary N) is 2. The number of rotatable bonds is 16. The Hall–Kier alpha value is -2.32. The minimum absolute atomic E-state index is 0.194. The second-order valence-corrected chi connectivity index (χ2v) is 34.3. The van der Waals surface area contributed by atoms with E-state index in [-0.39, 0.29) is 47.0 Å². The van der Waals surface area contributed by atoms with Crippen molar-refractivity contribution in [3.63, 3.8) is 0 Å². The van der Waals surface area contributed by atoms with E-state index in [0.717, 1.165) is 51.0 Å². The standard InChI is InChI=1S/C13H20N3O3P.C13H19N2O3PS.C12H20NO4P.C5H12N3O2P.C2H3NS.C2H6O.CH2Cl2.CH4O.CS4.CS3.CS2.CH2S/c1-10-16(13(14)15(2)20(10,17)19-4)9-11-5-7-12(18-3)8-6-11;1-10-15(13(20)14(2)19(10,16)18-4)9-11-5-7-12(17-3)8-6-11;1-10(18(14,16-3)17-4)13-9-11-5-7-12(15-2)8-6-11;1-4-7-5(6)8(2)11(4,9)10-3;1-3-2-4;1-2-3;2-1-3;1-2;2-1-4-5-3;2-1-4-3;2-1-3;1-2/h5-8,10,14H,9H2,1-4H3;5-8,10H,9H2,1-4H3;5-8,10,13H,9H2,1-4H3;4H,1-3H3,(H2,6,7);1H3;3H,2H2,1H3;1H2;2H,1H3;;;;1H2. The summed E-state index contributed by atoms with van der Waals surface area (Å²) in [5, 5.41) is 28.7. The van der Waals surface area contributed by atoms with Gasteiger partial charge in [-0.3, -0.25) is 43.0 Å². The predicted molar refractivity (Wildman–Crippen MR) is 431 cm³/mol. The molecule has 2 fully saturated rings. The molecule has 0 spiro atoms. The van der Waals surface area contributed by atoms with E-state index in [1.54, 1.807) is 79.9 Å². The van der Waals surface area contributed by atoms with Crippen molar-refractivity contribution in [2.45, 2.75) is 77.4 Å². The van der Waals surface area contributed by atoms with Crippen LogP contribution in [0, 0.1) is 5.41 Å². The molecule has 0 amide bonds. The van der Waals surface area contributed by atoms with Crippen molar-refractivity contribution in [2.24, 2.45) is 15.7 Å². The van der Waals surface area contributed by atoms with Gasteiger partial charge in [0.2, 0.25) is 5.96 Å². The quantitative estimate of drug-likeness (QED) is 0.0385. The molecule has 24 nitrogen and oxygen atoms in total. The zero-order valence-corrected chi connectivity index (χ0v) is 70.8. The molecular formula is C53H88Cl2N10O14P4S12. The maximum absolute atomic E-state index is 12.7. The molecule has 6 N–H and O–H groups in total. The lowest BCUT2D eigenvalue weighted by Gasteiger charge is -2.22. The molecule has 3 aliphatic rings. The van der Waals surface area contributed by atoms with Crippen molar-refractivity contribution in [1.29, 1.82) is 5.41 Å². The number of guanidine groups is 2. The lowest BCUT2D eigenvalue weighted by atomic mass is 10.2. The van der Waals surface area contributed by atoms with E-state index in [2.05, 4.69) is 131 Å². The van der Waals surface area contributed by atoms with Crippen LogP contribution in [0.1, 0.15) is 51.3 Å². The largest absolute Gasteiger partial charge is 0.497 e. The Labute approximate surface area is 628 Å². The molecule has 0 aromatic heterocycles. The Kier molecular flexibility index (Phi) is 67.2. The number of benzene rings is 3. The highest BCUT2D eigenvalue weighted by molar-refractivity contribution is 8.42. The highest BCUT2D eigenvalue weighted by Gasteiger charge is 2.50. The Morgan fingerprint density at radius 1 is 0.716 bits per heavy atom. The number of aliphatic imine (C=N–C) groups is 2. The SMILES string of the molecule is C=S.CCO.CN=C=S.CO.COP1(=O)C(C)N=C(N)N1C.COc1ccc(CN2C(=N)N(C)P(=O)(OC)C2C)cc1.COc1ccc(CN2C(=S)N(C)P(=O)(OC)C2C)cc1.COc1ccc(CNC(C)P(=O)(OC)OC)cc1.ClCCl.S=C=S.S=C=S=S.S=C=S=S=S. The van der Waals surface area contributed by atoms with Gasteiger partial charge in [0.05, 0.1) is 31.8 Å². The predicted octanol–water partition coefficient (Wildman–Crippen LogP) is 12.6. The summed E-state index contributed by atoms with van der Waals surface area (Å²) in [6, 6.07) is 23.0. The highest BCUT2D eigenvalue weighted by atomic mass is 35.5. The summed E-state index contributed by atoms with van der Waals surface area (Å²) < 4.78 is 101. The van der Waals surface area contributed by atoms with Crippen LogP contribution in [0.3, 0.4) is 0 Å². The van der Waals surface area contributed by atoms with Gasteiger partial charge in [0.1, 0.15) is 40.4 Å². The van der Waals surface area contributed by atoms with Gasteiger partial charge in [0, 0.05) is 110 Å². The summed E-state index contributed by atoms with van der Waals surface area (Å²) in [6.45, 7) is 10.8. The number of hydrogen-bond acceptors (Lipinski definition) is 28. The first kappa shape index (κ1) is 104. The number of thiocarbonyl (C=S) groups is 7. The Balaban J connectivity index is -0.000000250. The summed E-state index contributed by atoms with van der Waals surface area (Å²) in [6.07, 6.45) is 0. The molecule has 95 heavy (non-hydrogen) atoms. The van der Waals surface area contributed by atoms with Crippen LogP contribution in [0.5, 0.6) is 17.2 Å². The van der Waals surface area contributed by atoms with Gasteiger partial charge in [-0.1, -0.05) is 48.6 Å². The first-order valence-electron chi connectivity index (χ1n) is 26.4. The average Bonchev–Trinajstić information content (AvgIpc) is 1.63. The topological polar surface area (TPSA) is 285 Å².